The average Bonchev–Trinajstić information content (AvgIpc) is 2.54. The SMILES string of the molecule is COc1ccc2c(c1)C(N1CCN(C(=O)[O-])CC1)C(O)CC2. The van der Waals surface area contributed by atoms with E-state index in [0.29, 0.717) is 26.2 Å². The van der Waals surface area contributed by atoms with E-state index in [1.807, 2.05) is 12.1 Å². The molecular weight excluding hydrogens is 284 g/mol. The van der Waals surface area contributed by atoms with E-state index in [-0.39, 0.29) is 6.04 Å². The molecule has 1 N–H and O–H groups in total. The fourth-order valence-electron chi connectivity index (χ4n) is 3.49. The molecule has 1 aromatic carbocycles. The highest BCUT2D eigenvalue weighted by Gasteiger charge is 2.34. The number of carboxylic acid groups (broad SMARTS) is 1. The van der Waals surface area contributed by atoms with Crippen molar-refractivity contribution >= 4 is 6.09 Å². The number of piperazine rings is 1. The summed E-state index contributed by atoms with van der Waals surface area (Å²) in [5.74, 6) is 0.784. The second kappa shape index (κ2) is 6.14. The molecule has 2 aliphatic rings. The summed E-state index contributed by atoms with van der Waals surface area (Å²) in [6.07, 6.45) is 0.0285. The number of nitrogens with zero attached hydrogens (tertiary/aromatic N) is 2. The molecule has 1 fully saturated rings. The lowest BCUT2D eigenvalue weighted by atomic mass is 9.84. The fourth-order valence-corrected chi connectivity index (χ4v) is 3.49. The third-order valence-corrected chi connectivity index (χ3v) is 4.71. The van der Waals surface area contributed by atoms with Crippen LogP contribution in [0.1, 0.15) is 23.6 Å². The van der Waals surface area contributed by atoms with Gasteiger partial charge in [-0.05, 0) is 36.1 Å². The quantitative estimate of drug-likeness (QED) is 0.832. The van der Waals surface area contributed by atoms with Gasteiger partial charge in [0.25, 0.3) is 0 Å². The number of hydrogen-bond acceptors (Lipinski definition) is 5. The number of benzene rings is 1. The summed E-state index contributed by atoms with van der Waals surface area (Å²) < 4.78 is 5.31. The largest absolute Gasteiger partial charge is 0.530 e. The van der Waals surface area contributed by atoms with E-state index in [1.54, 1.807) is 7.11 Å². The Kier molecular flexibility index (Phi) is 4.22. The number of aliphatic hydroxyl groups is 1. The first-order valence-electron chi connectivity index (χ1n) is 7.65. The van der Waals surface area contributed by atoms with E-state index in [2.05, 4.69) is 11.0 Å². The van der Waals surface area contributed by atoms with Gasteiger partial charge in [0.2, 0.25) is 0 Å². The number of carbonyl (C=O) groups is 1. The molecule has 1 aliphatic carbocycles. The zero-order chi connectivity index (χ0) is 15.7. The van der Waals surface area contributed by atoms with Crippen molar-refractivity contribution in [3.05, 3.63) is 29.3 Å². The van der Waals surface area contributed by atoms with Gasteiger partial charge in [-0.3, -0.25) is 4.90 Å². The van der Waals surface area contributed by atoms with Crippen LogP contribution in [-0.2, 0) is 6.42 Å². The van der Waals surface area contributed by atoms with Crippen LogP contribution >= 0.6 is 0 Å². The summed E-state index contributed by atoms with van der Waals surface area (Å²) in [6, 6.07) is 5.90. The molecule has 1 aliphatic heterocycles. The molecule has 1 amide bonds. The lowest BCUT2D eigenvalue weighted by molar-refractivity contribution is -0.267. The molecule has 0 saturated carbocycles. The maximum absolute atomic E-state index is 10.9. The molecule has 1 saturated heterocycles. The molecule has 3 rings (SSSR count). The number of rotatable bonds is 2. The Morgan fingerprint density at radius 2 is 2.05 bits per heavy atom. The molecule has 0 spiro atoms. The summed E-state index contributed by atoms with van der Waals surface area (Å²) in [5.41, 5.74) is 2.33. The highest BCUT2D eigenvalue weighted by atomic mass is 16.5. The van der Waals surface area contributed by atoms with Crippen molar-refractivity contribution in [1.29, 1.82) is 0 Å². The topological polar surface area (TPSA) is 76.1 Å². The zero-order valence-electron chi connectivity index (χ0n) is 12.7. The van der Waals surface area contributed by atoms with Gasteiger partial charge in [-0.25, -0.2) is 0 Å². The second-order valence-corrected chi connectivity index (χ2v) is 5.90. The van der Waals surface area contributed by atoms with Crippen LogP contribution in [-0.4, -0.2) is 60.4 Å². The third kappa shape index (κ3) is 2.76. The minimum Gasteiger partial charge on any atom is -0.530 e. The van der Waals surface area contributed by atoms with Crippen molar-refractivity contribution in [3.63, 3.8) is 0 Å². The monoisotopic (exact) mass is 305 g/mol. The Hall–Kier alpha value is -1.79. The molecule has 120 valence electrons. The molecule has 6 heteroatoms. The van der Waals surface area contributed by atoms with E-state index >= 15 is 0 Å². The molecule has 6 nitrogen and oxygen atoms in total. The normalized spacial score (nSPS) is 25.6. The Balaban J connectivity index is 1.83. The number of amides is 1. The van der Waals surface area contributed by atoms with Crippen LogP contribution in [0.5, 0.6) is 5.75 Å². The molecule has 1 aromatic rings. The second-order valence-electron chi connectivity index (χ2n) is 5.90. The Morgan fingerprint density at radius 1 is 1.32 bits per heavy atom. The van der Waals surface area contributed by atoms with Crippen LogP contribution in [0.4, 0.5) is 4.79 Å². The molecule has 0 radical (unpaired) electrons. The minimum absolute atomic E-state index is 0.0947. The maximum Gasteiger partial charge on any atom is 0.137 e. The van der Waals surface area contributed by atoms with Crippen molar-refractivity contribution in [1.82, 2.24) is 9.80 Å². The molecule has 0 bridgehead atoms. The molecule has 22 heavy (non-hydrogen) atoms. The summed E-state index contributed by atoms with van der Waals surface area (Å²) in [4.78, 5) is 14.4. The number of hydrogen-bond donors (Lipinski definition) is 1. The van der Waals surface area contributed by atoms with Crippen molar-refractivity contribution in [3.8, 4) is 5.75 Å². The van der Waals surface area contributed by atoms with Crippen molar-refractivity contribution in [2.75, 3.05) is 33.3 Å². The van der Waals surface area contributed by atoms with Gasteiger partial charge < -0.3 is 24.6 Å². The van der Waals surface area contributed by atoms with E-state index in [1.165, 1.54) is 10.5 Å². The molecule has 2 atom stereocenters. The summed E-state index contributed by atoms with van der Waals surface area (Å²) in [6.45, 7) is 2.05. The highest BCUT2D eigenvalue weighted by molar-refractivity contribution is 5.62. The van der Waals surface area contributed by atoms with E-state index in [9.17, 15) is 15.0 Å². The van der Waals surface area contributed by atoms with Gasteiger partial charge in [0.05, 0.1) is 19.3 Å². The first-order chi connectivity index (χ1) is 10.6. The average molecular weight is 305 g/mol. The van der Waals surface area contributed by atoms with Crippen LogP contribution in [0.2, 0.25) is 0 Å². The predicted molar refractivity (Wildman–Crippen MR) is 78.6 cm³/mol. The number of aliphatic hydroxyl groups excluding tert-OH is 1. The van der Waals surface area contributed by atoms with Gasteiger partial charge in [-0.1, -0.05) is 6.07 Å². The molecule has 1 heterocycles. The number of fused-ring (bicyclic) bond motifs is 1. The lowest BCUT2D eigenvalue weighted by Crippen LogP contribution is -2.55. The summed E-state index contributed by atoms with van der Waals surface area (Å²) in [5, 5.41) is 21.4. The first-order valence-corrected chi connectivity index (χ1v) is 7.65. The summed E-state index contributed by atoms with van der Waals surface area (Å²) in [7, 11) is 1.63. The summed E-state index contributed by atoms with van der Waals surface area (Å²) >= 11 is 0. The highest BCUT2D eigenvalue weighted by Crippen LogP contribution is 2.37. The van der Waals surface area contributed by atoms with Gasteiger partial charge in [0.15, 0.2) is 0 Å². The fraction of sp³-hybridized carbons (Fsp3) is 0.562. The molecule has 2 unspecified atom stereocenters. The van der Waals surface area contributed by atoms with Gasteiger partial charge in [0, 0.05) is 26.2 Å². The third-order valence-electron chi connectivity index (χ3n) is 4.71. The number of aryl methyl sites for hydroxylation is 1. The number of carbonyl (C=O) groups excluding carboxylic acids is 1. The van der Waals surface area contributed by atoms with Gasteiger partial charge >= 0.3 is 0 Å². The van der Waals surface area contributed by atoms with Crippen LogP contribution in [0.15, 0.2) is 18.2 Å². The zero-order valence-corrected chi connectivity index (χ0v) is 12.7. The molecule has 0 aromatic heterocycles. The Labute approximate surface area is 129 Å². The Morgan fingerprint density at radius 3 is 2.68 bits per heavy atom. The number of methoxy groups -OCH3 is 1. The van der Waals surface area contributed by atoms with E-state index in [0.717, 1.165) is 24.2 Å². The predicted octanol–water partition coefficient (Wildman–Crippen LogP) is 0.00430. The smallest absolute Gasteiger partial charge is 0.137 e. The number of ether oxygens (including phenoxy) is 1. The minimum atomic E-state index is -1.12. The van der Waals surface area contributed by atoms with E-state index in [4.69, 9.17) is 4.74 Å². The van der Waals surface area contributed by atoms with Crippen LogP contribution in [0, 0.1) is 0 Å². The van der Waals surface area contributed by atoms with Crippen LogP contribution in [0.25, 0.3) is 0 Å². The van der Waals surface area contributed by atoms with Crippen molar-refractivity contribution in [2.24, 2.45) is 0 Å². The molecular formula is C16H21N2O4-. The first kappa shape index (κ1) is 15.1. The lowest BCUT2D eigenvalue weighted by Gasteiger charge is -2.44. The van der Waals surface area contributed by atoms with Gasteiger partial charge in [-0.2, -0.15) is 0 Å². The van der Waals surface area contributed by atoms with Crippen molar-refractivity contribution in [2.45, 2.75) is 25.0 Å². The standard InChI is InChI=1S/C16H22N2O4/c1-22-12-4-2-11-3-5-14(19)15(13(11)10-12)17-6-8-18(9-7-17)16(20)21/h2,4,10,14-15,19H,3,5-9H2,1H3,(H,20,21)/p-1. The van der Waals surface area contributed by atoms with Gasteiger partial charge in [-0.15, -0.1) is 0 Å². The van der Waals surface area contributed by atoms with E-state index < -0.39 is 12.2 Å². The van der Waals surface area contributed by atoms with Crippen LogP contribution in [0.3, 0.4) is 0 Å². The maximum atomic E-state index is 10.9. The Bertz CT molecular complexity index is 555. The van der Waals surface area contributed by atoms with Crippen LogP contribution < -0.4 is 9.84 Å². The van der Waals surface area contributed by atoms with Gasteiger partial charge in [0.1, 0.15) is 11.8 Å². The van der Waals surface area contributed by atoms with Crippen molar-refractivity contribution < 1.29 is 19.7 Å².